The number of benzene rings is 2. The molecule has 2 aromatic carbocycles. The van der Waals surface area contributed by atoms with Gasteiger partial charge in [0, 0.05) is 10.7 Å². The number of halogens is 1. The fraction of sp³-hybridized carbons (Fsp3) is 0.273. The zero-order chi connectivity index (χ0) is 21.0. The Kier molecular flexibility index (Phi) is 6.44. The molecule has 3 rings (SSSR count). The van der Waals surface area contributed by atoms with Crippen molar-refractivity contribution in [3.8, 4) is 5.75 Å². The van der Waals surface area contributed by atoms with E-state index in [-0.39, 0.29) is 11.9 Å². The molecule has 0 saturated carbocycles. The monoisotopic (exact) mass is 414 g/mol. The molecule has 0 radical (unpaired) electrons. The van der Waals surface area contributed by atoms with Crippen LogP contribution in [0, 0.1) is 5.92 Å². The van der Waals surface area contributed by atoms with Crippen molar-refractivity contribution in [1.82, 2.24) is 10.6 Å². The molecule has 1 aliphatic rings. The van der Waals surface area contributed by atoms with Crippen LogP contribution in [-0.2, 0) is 16.1 Å². The highest BCUT2D eigenvalue weighted by molar-refractivity contribution is 6.30. The summed E-state index contributed by atoms with van der Waals surface area (Å²) in [6, 6.07) is 13.8. The molecule has 0 bridgehead atoms. The average Bonchev–Trinajstić information content (AvgIpc) is 2.71. The number of urea groups is 1. The number of rotatable bonds is 6. The Morgan fingerprint density at radius 3 is 2.52 bits per heavy atom. The van der Waals surface area contributed by atoms with Crippen molar-refractivity contribution in [3.05, 3.63) is 76.0 Å². The first-order valence-electron chi connectivity index (χ1n) is 9.26. The topological polar surface area (TPSA) is 76.7 Å². The van der Waals surface area contributed by atoms with Crippen LogP contribution in [-0.4, -0.2) is 19.1 Å². The van der Waals surface area contributed by atoms with Crippen LogP contribution >= 0.6 is 11.6 Å². The molecular weight excluding hydrogens is 392 g/mol. The Labute approximate surface area is 174 Å². The molecule has 29 heavy (non-hydrogen) atoms. The number of esters is 1. The Balaban J connectivity index is 1.82. The fourth-order valence-corrected chi connectivity index (χ4v) is 3.39. The van der Waals surface area contributed by atoms with Crippen LogP contribution in [0.1, 0.15) is 31.0 Å². The minimum absolute atomic E-state index is 0.0436. The van der Waals surface area contributed by atoms with E-state index in [0.717, 1.165) is 11.1 Å². The minimum Gasteiger partial charge on any atom is -0.489 e. The lowest BCUT2D eigenvalue weighted by Gasteiger charge is -2.30. The van der Waals surface area contributed by atoms with Crippen LogP contribution in [0.25, 0.3) is 0 Å². The molecule has 1 heterocycles. The van der Waals surface area contributed by atoms with Gasteiger partial charge in [-0.25, -0.2) is 9.59 Å². The Morgan fingerprint density at radius 1 is 1.17 bits per heavy atom. The minimum atomic E-state index is -0.601. The summed E-state index contributed by atoms with van der Waals surface area (Å²) in [6.45, 7) is 4.20. The zero-order valence-corrected chi connectivity index (χ0v) is 17.2. The van der Waals surface area contributed by atoms with Crippen molar-refractivity contribution in [3.63, 3.8) is 0 Å². The Bertz CT molecular complexity index is 938. The normalized spacial score (nSPS) is 16.3. The van der Waals surface area contributed by atoms with Crippen LogP contribution in [0.5, 0.6) is 5.75 Å². The van der Waals surface area contributed by atoms with Gasteiger partial charge in [-0.15, -0.1) is 0 Å². The predicted molar refractivity (Wildman–Crippen MR) is 111 cm³/mol. The smallest absolute Gasteiger partial charge is 0.337 e. The van der Waals surface area contributed by atoms with Crippen LogP contribution < -0.4 is 15.4 Å². The third-order valence-electron chi connectivity index (χ3n) is 4.59. The molecule has 1 unspecified atom stereocenters. The van der Waals surface area contributed by atoms with E-state index in [1.165, 1.54) is 7.11 Å². The third-order valence-corrected chi connectivity index (χ3v) is 4.83. The highest BCUT2D eigenvalue weighted by Crippen LogP contribution is 2.31. The first kappa shape index (κ1) is 20.7. The molecule has 0 aliphatic carbocycles. The van der Waals surface area contributed by atoms with Gasteiger partial charge in [0.1, 0.15) is 12.4 Å². The van der Waals surface area contributed by atoms with E-state index in [9.17, 15) is 9.59 Å². The van der Waals surface area contributed by atoms with Gasteiger partial charge in [0.2, 0.25) is 0 Å². The molecule has 0 aromatic heterocycles. The Hall–Kier alpha value is -2.99. The standard InChI is InChI=1S/C22H23ClN2O4/c1-13(2)19-18(21(26)28-3)20(25-22(27)24-19)15-7-9-17(10-8-15)29-12-14-5-4-6-16(23)11-14/h4-11,13,20H,12H2,1-3H3,(H2,24,25,27). The van der Waals surface area contributed by atoms with Crippen molar-refractivity contribution in [2.45, 2.75) is 26.5 Å². The molecule has 2 aromatic rings. The Morgan fingerprint density at radius 2 is 1.90 bits per heavy atom. The molecule has 152 valence electrons. The number of allylic oxidation sites excluding steroid dienone is 1. The molecule has 2 amide bonds. The summed E-state index contributed by atoms with van der Waals surface area (Å²) in [4.78, 5) is 24.5. The number of hydrogen-bond donors (Lipinski definition) is 2. The highest BCUT2D eigenvalue weighted by Gasteiger charge is 2.34. The first-order valence-corrected chi connectivity index (χ1v) is 9.64. The van der Waals surface area contributed by atoms with Crippen LogP contribution in [0.15, 0.2) is 59.8 Å². The van der Waals surface area contributed by atoms with E-state index in [2.05, 4.69) is 10.6 Å². The largest absolute Gasteiger partial charge is 0.489 e. The van der Waals surface area contributed by atoms with Gasteiger partial charge in [-0.05, 0) is 41.3 Å². The van der Waals surface area contributed by atoms with Gasteiger partial charge in [0.15, 0.2) is 0 Å². The van der Waals surface area contributed by atoms with E-state index >= 15 is 0 Å². The van der Waals surface area contributed by atoms with Crippen molar-refractivity contribution in [2.24, 2.45) is 5.92 Å². The van der Waals surface area contributed by atoms with Crippen molar-refractivity contribution in [1.29, 1.82) is 0 Å². The lowest BCUT2D eigenvalue weighted by molar-refractivity contribution is -0.136. The summed E-state index contributed by atoms with van der Waals surface area (Å²) in [7, 11) is 1.33. The fourth-order valence-electron chi connectivity index (χ4n) is 3.18. The third kappa shape index (κ3) is 4.90. The quantitative estimate of drug-likeness (QED) is 0.689. The lowest BCUT2D eigenvalue weighted by atomic mass is 9.91. The van der Waals surface area contributed by atoms with E-state index < -0.39 is 12.0 Å². The molecule has 0 fully saturated rings. The van der Waals surface area contributed by atoms with Gasteiger partial charge in [0.25, 0.3) is 0 Å². The summed E-state index contributed by atoms with van der Waals surface area (Å²) >= 11 is 5.99. The van der Waals surface area contributed by atoms with Gasteiger partial charge >= 0.3 is 12.0 Å². The molecule has 0 spiro atoms. The second-order valence-electron chi connectivity index (χ2n) is 6.99. The summed E-state index contributed by atoms with van der Waals surface area (Å²) in [5.74, 6) is 0.145. The number of ether oxygens (including phenoxy) is 2. The number of methoxy groups -OCH3 is 1. The predicted octanol–water partition coefficient (Wildman–Crippen LogP) is 4.36. The van der Waals surface area contributed by atoms with Crippen LogP contribution in [0.4, 0.5) is 4.79 Å². The molecular formula is C22H23ClN2O4. The second kappa shape index (κ2) is 9.01. The summed E-state index contributed by atoms with van der Waals surface area (Å²) < 4.78 is 10.8. The molecule has 0 saturated heterocycles. The number of carbonyl (C=O) groups excluding carboxylic acids is 2. The molecule has 7 heteroatoms. The van der Waals surface area contributed by atoms with Crippen molar-refractivity contribution >= 4 is 23.6 Å². The van der Waals surface area contributed by atoms with Crippen LogP contribution in [0.3, 0.4) is 0 Å². The molecule has 6 nitrogen and oxygen atoms in total. The SMILES string of the molecule is COC(=O)C1=C(C(C)C)NC(=O)NC1c1ccc(OCc2cccc(Cl)c2)cc1. The van der Waals surface area contributed by atoms with Crippen molar-refractivity contribution in [2.75, 3.05) is 7.11 Å². The number of carbonyl (C=O) groups is 2. The van der Waals surface area contributed by atoms with E-state index in [4.69, 9.17) is 21.1 Å². The van der Waals surface area contributed by atoms with E-state index in [1.54, 1.807) is 12.1 Å². The maximum absolute atomic E-state index is 12.4. The number of amides is 2. The van der Waals surface area contributed by atoms with E-state index in [1.807, 2.05) is 50.2 Å². The zero-order valence-electron chi connectivity index (χ0n) is 16.5. The molecule has 1 aliphatic heterocycles. The summed E-state index contributed by atoms with van der Waals surface area (Å²) in [5.41, 5.74) is 2.68. The van der Waals surface area contributed by atoms with Crippen LogP contribution in [0.2, 0.25) is 5.02 Å². The average molecular weight is 415 g/mol. The summed E-state index contributed by atoms with van der Waals surface area (Å²) in [5, 5.41) is 6.19. The van der Waals surface area contributed by atoms with Gasteiger partial charge in [-0.1, -0.05) is 49.7 Å². The second-order valence-corrected chi connectivity index (χ2v) is 7.43. The van der Waals surface area contributed by atoms with Gasteiger partial charge in [-0.3, -0.25) is 0 Å². The van der Waals surface area contributed by atoms with E-state index in [0.29, 0.717) is 28.6 Å². The molecule has 1 atom stereocenters. The van der Waals surface area contributed by atoms with Gasteiger partial charge in [-0.2, -0.15) is 0 Å². The first-order chi connectivity index (χ1) is 13.9. The molecule has 2 N–H and O–H groups in total. The lowest BCUT2D eigenvalue weighted by Crippen LogP contribution is -2.47. The maximum atomic E-state index is 12.4. The highest BCUT2D eigenvalue weighted by atomic mass is 35.5. The van der Waals surface area contributed by atoms with Gasteiger partial charge in [0.05, 0.1) is 18.7 Å². The number of nitrogens with one attached hydrogen (secondary N) is 2. The van der Waals surface area contributed by atoms with Gasteiger partial charge < -0.3 is 20.1 Å². The summed E-state index contributed by atoms with van der Waals surface area (Å²) in [6.07, 6.45) is 0. The maximum Gasteiger partial charge on any atom is 0.337 e. The number of hydrogen-bond acceptors (Lipinski definition) is 4. The van der Waals surface area contributed by atoms with Crippen molar-refractivity contribution < 1.29 is 19.1 Å².